The monoisotopic (exact) mass is 276 g/mol. The summed E-state index contributed by atoms with van der Waals surface area (Å²) in [6, 6.07) is 10.8. The van der Waals surface area contributed by atoms with E-state index in [9.17, 15) is 8.42 Å². The summed E-state index contributed by atoms with van der Waals surface area (Å²) in [5.41, 5.74) is 2.13. The van der Waals surface area contributed by atoms with E-state index >= 15 is 0 Å². The summed E-state index contributed by atoms with van der Waals surface area (Å²) < 4.78 is 22.8. The number of nitrogens with zero attached hydrogens (tertiary/aromatic N) is 2. The molecule has 2 rings (SSSR count). The van der Waals surface area contributed by atoms with Crippen molar-refractivity contribution in [3.8, 4) is 0 Å². The summed E-state index contributed by atoms with van der Waals surface area (Å²) in [5.74, 6) is 0. The molecule has 0 radical (unpaired) electrons. The van der Waals surface area contributed by atoms with Crippen LogP contribution in [0.25, 0.3) is 0 Å². The number of rotatable bonds is 4. The Kier molecular flexibility index (Phi) is 3.85. The zero-order valence-corrected chi connectivity index (χ0v) is 11.8. The van der Waals surface area contributed by atoms with Crippen LogP contribution in [0, 0.1) is 0 Å². The molecule has 1 heterocycles. The van der Waals surface area contributed by atoms with Crippen molar-refractivity contribution in [2.24, 2.45) is 0 Å². The minimum atomic E-state index is -3.13. The molecule has 0 unspecified atom stereocenters. The predicted octanol–water partition coefficient (Wildman–Crippen LogP) is 2.12. The van der Waals surface area contributed by atoms with Gasteiger partial charge >= 0.3 is 0 Å². The molecule has 1 aromatic heterocycles. The van der Waals surface area contributed by atoms with Gasteiger partial charge in [-0.3, -0.25) is 4.98 Å². The van der Waals surface area contributed by atoms with Crippen molar-refractivity contribution in [2.45, 2.75) is 11.4 Å². The molecule has 0 amide bonds. The predicted molar refractivity (Wildman–Crippen MR) is 75.9 cm³/mol. The topological polar surface area (TPSA) is 50.3 Å². The summed E-state index contributed by atoms with van der Waals surface area (Å²) in [6.07, 6.45) is 4.73. The molecule has 4 nitrogen and oxygen atoms in total. The van der Waals surface area contributed by atoms with Crippen molar-refractivity contribution in [3.63, 3.8) is 0 Å². The lowest BCUT2D eigenvalue weighted by atomic mass is 10.2. The normalized spacial score (nSPS) is 11.3. The molecule has 1 aromatic carbocycles. The van der Waals surface area contributed by atoms with Gasteiger partial charge in [-0.25, -0.2) is 8.42 Å². The molecule has 0 saturated carbocycles. The van der Waals surface area contributed by atoms with E-state index in [4.69, 9.17) is 0 Å². The van der Waals surface area contributed by atoms with Crippen LogP contribution in [-0.2, 0) is 16.4 Å². The highest BCUT2D eigenvalue weighted by molar-refractivity contribution is 7.90. The average molecular weight is 276 g/mol. The Bertz CT molecular complexity index is 637. The number of hydrogen-bond donors (Lipinski definition) is 0. The third-order valence-electron chi connectivity index (χ3n) is 2.87. The second-order valence-electron chi connectivity index (χ2n) is 4.48. The van der Waals surface area contributed by atoms with Crippen LogP contribution >= 0.6 is 0 Å². The van der Waals surface area contributed by atoms with Crippen molar-refractivity contribution in [2.75, 3.05) is 18.2 Å². The standard InChI is InChI=1S/C14H16N2O2S/c1-16(11-12-7-9-15-10-8-12)13-3-5-14(6-4-13)19(2,17)18/h3-10H,11H2,1-2H3. The van der Waals surface area contributed by atoms with Crippen molar-refractivity contribution in [3.05, 3.63) is 54.4 Å². The smallest absolute Gasteiger partial charge is 0.175 e. The largest absolute Gasteiger partial charge is 0.370 e. The SMILES string of the molecule is CN(Cc1ccncc1)c1ccc(S(C)(=O)=O)cc1. The van der Waals surface area contributed by atoms with Crippen LogP contribution in [0.3, 0.4) is 0 Å². The molecule has 0 N–H and O–H groups in total. The molecule has 0 fully saturated rings. The first-order chi connectivity index (χ1) is 8.97. The van der Waals surface area contributed by atoms with Gasteiger partial charge in [-0.2, -0.15) is 0 Å². The molecule has 0 bridgehead atoms. The molecule has 0 aliphatic heterocycles. The van der Waals surface area contributed by atoms with Crippen LogP contribution in [0.1, 0.15) is 5.56 Å². The minimum absolute atomic E-state index is 0.341. The Morgan fingerprint density at radius 2 is 1.63 bits per heavy atom. The molecule has 0 aliphatic rings. The van der Waals surface area contributed by atoms with Crippen LogP contribution in [0.15, 0.2) is 53.7 Å². The van der Waals surface area contributed by atoms with E-state index in [1.165, 1.54) is 6.26 Å². The van der Waals surface area contributed by atoms with Gasteiger partial charge in [0.25, 0.3) is 0 Å². The fourth-order valence-corrected chi connectivity index (χ4v) is 2.43. The van der Waals surface area contributed by atoms with E-state index in [-0.39, 0.29) is 0 Å². The average Bonchev–Trinajstić information content (AvgIpc) is 2.39. The number of hydrogen-bond acceptors (Lipinski definition) is 4. The molecule has 100 valence electrons. The molecule has 0 atom stereocenters. The first kappa shape index (κ1) is 13.5. The highest BCUT2D eigenvalue weighted by atomic mass is 32.2. The molecular formula is C14H16N2O2S. The third kappa shape index (κ3) is 3.54. The molecule has 5 heteroatoms. The lowest BCUT2D eigenvalue weighted by molar-refractivity contribution is 0.602. The molecule has 0 aliphatic carbocycles. The van der Waals surface area contributed by atoms with E-state index in [1.54, 1.807) is 24.5 Å². The second kappa shape index (κ2) is 5.40. The summed E-state index contributed by atoms with van der Waals surface area (Å²) in [4.78, 5) is 6.38. The number of sulfone groups is 1. The Morgan fingerprint density at radius 3 is 2.16 bits per heavy atom. The summed E-state index contributed by atoms with van der Waals surface area (Å²) in [5, 5.41) is 0. The Morgan fingerprint density at radius 1 is 1.05 bits per heavy atom. The number of pyridine rings is 1. The van der Waals surface area contributed by atoms with Crippen LogP contribution < -0.4 is 4.90 Å². The van der Waals surface area contributed by atoms with Gasteiger partial charge in [0, 0.05) is 37.9 Å². The van der Waals surface area contributed by atoms with Crippen LogP contribution in [0.5, 0.6) is 0 Å². The highest BCUT2D eigenvalue weighted by Gasteiger charge is 2.08. The van der Waals surface area contributed by atoms with Gasteiger partial charge in [-0.1, -0.05) is 0 Å². The summed E-state index contributed by atoms with van der Waals surface area (Å²) in [7, 11) is -1.16. The van der Waals surface area contributed by atoms with Crippen molar-refractivity contribution < 1.29 is 8.42 Å². The first-order valence-electron chi connectivity index (χ1n) is 5.87. The summed E-state index contributed by atoms with van der Waals surface area (Å²) >= 11 is 0. The number of anilines is 1. The van der Waals surface area contributed by atoms with E-state index in [1.807, 2.05) is 31.3 Å². The lowest BCUT2D eigenvalue weighted by Crippen LogP contribution is -2.16. The van der Waals surface area contributed by atoms with E-state index in [2.05, 4.69) is 9.88 Å². The van der Waals surface area contributed by atoms with Gasteiger partial charge in [0.15, 0.2) is 9.84 Å². The first-order valence-corrected chi connectivity index (χ1v) is 7.76. The maximum Gasteiger partial charge on any atom is 0.175 e. The van der Waals surface area contributed by atoms with Gasteiger partial charge < -0.3 is 4.90 Å². The quantitative estimate of drug-likeness (QED) is 0.858. The number of aromatic nitrogens is 1. The van der Waals surface area contributed by atoms with Gasteiger partial charge in [0.05, 0.1) is 4.90 Å². The van der Waals surface area contributed by atoms with Gasteiger partial charge in [-0.05, 0) is 42.0 Å². The molecule has 19 heavy (non-hydrogen) atoms. The van der Waals surface area contributed by atoms with E-state index < -0.39 is 9.84 Å². The number of benzene rings is 1. The van der Waals surface area contributed by atoms with Crippen molar-refractivity contribution >= 4 is 15.5 Å². The third-order valence-corrected chi connectivity index (χ3v) is 4.00. The van der Waals surface area contributed by atoms with Crippen molar-refractivity contribution in [1.29, 1.82) is 0 Å². The fraction of sp³-hybridized carbons (Fsp3) is 0.214. The van der Waals surface area contributed by atoms with E-state index in [0.29, 0.717) is 4.90 Å². The Balaban J connectivity index is 2.14. The molecule has 0 saturated heterocycles. The van der Waals surface area contributed by atoms with Crippen LogP contribution in [0.4, 0.5) is 5.69 Å². The summed E-state index contributed by atoms with van der Waals surface area (Å²) in [6.45, 7) is 0.751. The maximum absolute atomic E-state index is 11.4. The van der Waals surface area contributed by atoms with Gasteiger partial charge in [-0.15, -0.1) is 0 Å². The van der Waals surface area contributed by atoms with Gasteiger partial charge in [0.1, 0.15) is 0 Å². The molecular weight excluding hydrogens is 260 g/mol. The van der Waals surface area contributed by atoms with Crippen molar-refractivity contribution in [1.82, 2.24) is 4.98 Å². The van der Waals surface area contributed by atoms with Crippen LogP contribution in [0.2, 0.25) is 0 Å². The zero-order valence-electron chi connectivity index (χ0n) is 10.9. The fourth-order valence-electron chi connectivity index (χ4n) is 1.80. The van der Waals surface area contributed by atoms with Gasteiger partial charge in [0.2, 0.25) is 0 Å². The Labute approximate surface area is 113 Å². The lowest BCUT2D eigenvalue weighted by Gasteiger charge is -2.19. The zero-order chi connectivity index (χ0) is 13.9. The molecule has 0 spiro atoms. The minimum Gasteiger partial charge on any atom is -0.370 e. The Hall–Kier alpha value is -1.88. The highest BCUT2D eigenvalue weighted by Crippen LogP contribution is 2.18. The second-order valence-corrected chi connectivity index (χ2v) is 6.49. The van der Waals surface area contributed by atoms with E-state index in [0.717, 1.165) is 17.8 Å². The molecule has 2 aromatic rings. The maximum atomic E-state index is 11.4. The van der Waals surface area contributed by atoms with Crippen LogP contribution in [-0.4, -0.2) is 26.7 Å².